The Kier molecular flexibility index (Phi) is 4.23. The molecule has 0 radical (unpaired) electrons. The maximum Gasteiger partial charge on any atom is 0.256 e. The average molecular weight is 233 g/mol. The van der Waals surface area contributed by atoms with Gasteiger partial charge in [-0.3, -0.25) is 4.79 Å². The summed E-state index contributed by atoms with van der Waals surface area (Å²) in [6.07, 6.45) is 0.874. The van der Waals surface area contributed by atoms with Crippen molar-refractivity contribution in [3.63, 3.8) is 0 Å². The summed E-state index contributed by atoms with van der Waals surface area (Å²) in [6, 6.07) is 4.81. The lowest BCUT2D eigenvalue weighted by Crippen LogP contribution is -2.00. The van der Waals surface area contributed by atoms with Gasteiger partial charge in [-0.15, -0.1) is 0 Å². The Hall–Kier alpha value is -0.730. The number of benzene rings is 1. The summed E-state index contributed by atoms with van der Waals surface area (Å²) in [5.74, 6) is 0.483. The van der Waals surface area contributed by atoms with Crippen molar-refractivity contribution in [1.82, 2.24) is 0 Å². The first-order chi connectivity index (χ1) is 6.65. The second kappa shape index (κ2) is 5.23. The van der Waals surface area contributed by atoms with Crippen LogP contribution in [0, 0.1) is 0 Å². The van der Waals surface area contributed by atoms with Crippen molar-refractivity contribution in [1.29, 1.82) is 0 Å². The smallest absolute Gasteiger partial charge is 0.256 e. The van der Waals surface area contributed by atoms with Crippen molar-refractivity contribution < 1.29 is 9.53 Å². The molecule has 0 saturated heterocycles. The summed E-state index contributed by atoms with van der Waals surface area (Å²) in [5.41, 5.74) is 0.313. The van der Waals surface area contributed by atoms with Crippen LogP contribution in [0.25, 0.3) is 0 Å². The van der Waals surface area contributed by atoms with Crippen LogP contribution in [0.4, 0.5) is 0 Å². The Labute approximate surface area is 92.8 Å². The molecule has 2 nitrogen and oxygen atoms in total. The van der Waals surface area contributed by atoms with E-state index in [1.807, 2.05) is 6.92 Å². The molecular weight excluding hydrogens is 223 g/mol. The summed E-state index contributed by atoms with van der Waals surface area (Å²) in [5, 5.41) is -0.0866. The number of carbonyl (C=O) groups excluding carboxylic acids is 1. The molecule has 0 N–H and O–H groups in total. The van der Waals surface area contributed by atoms with Crippen LogP contribution in [-0.2, 0) is 0 Å². The summed E-state index contributed by atoms with van der Waals surface area (Å²) >= 11 is 11.1. The Morgan fingerprint density at radius 2 is 2.21 bits per heavy atom. The fraction of sp³-hybridized carbons (Fsp3) is 0.300. The van der Waals surface area contributed by atoms with Gasteiger partial charge in [0, 0.05) is 5.02 Å². The number of ether oxygens (including phenoxy) is 1. The Bertz CT molecular complexity index is 337. The van der Waals surface area contributed by atoms with E-state index < -0.39 is 5.24 Å². The minimum Gasteiger partial charge on any atom is -0.493 e. The van der Waals surface area contributed by atoms with Gasteiger partial charge in [-0.25, -0.2) is 0 Å². The van der Waals surface area contributed by atoms with Gasteiger partial charge in [-0.2, -0.15) is 0 Å². The van der Waals surface area contributed by atoms with Crippen LogP contribution in [0.2, 0.25) is 5.02 Å². The maximum atomic E-state index is 11.0. The molecule has 0 unspecified atom stereocenters. The lowest BCUT2D eigenvalue weighted by Gasteiger charge is -2.07. The Morgan fingerprint density at radius 3 is 2.79 bits per heavy atom. The van der Waals surface area contributed by atoms with Crippen molar-refractivity contribution in [3.8, 4) is 5.75 Å². The number of carbonyl (C=O) groups is 1. The first-order valence-corrected chi connectivity index (χ1v) is 5.03. The van der Waals surface area contributed by atoms with Gasteiger partial charge in [-0.1, -0.05) is 18.5 Å². The highest BCUT2D eigenvalue weighted by atomic mass is 35.5. The summed E-state index contributed by atoms with van der Waals surface area (Å²) in [4.78, 5) is 11.0. The number of hydrogen-bond acceptors (Lipinski definition) is 2. The number of halogens is 2. The lowest BCUT2D eigenvalue weighted by molar-refractivity contribution is 0.107. The first-order valence-electron chi connectivity index (χ1n) is 4.27. The quantitative estimate of drug-likeness (QED) is 0.744. The van der Waals surface area contributed by atoms with Crippen LogP contribution in [0.1, 0.15) is 23.7 Å². The van der Waals surface area contributed by atoms with Crippen LogP contribution < -0.4 is 4.74 Å². The monoisotopic (exact) mass is 232 g/mol. The highest BCUT2D eigenvalue weighted by molar-refractivity contribution is 6.68. The van der Waals surface area contributed by atoms with E-state index in [-0.39, 0.29) is 0 Å². The molecule has 76 valence electrons. The van der Waals surface area contributed by atoms with Crippen molar-refractivity contribution in [2.45, 2.75) is 13.3 Å². The predicted molar refractivity (Wildman–Crippen MR) is 57.4 cm³/mol. The average Bonchev–Trinajstić information content (AvgIpc) is 2.15. The van der Waals surface area contributed by atoms with Crippen LogP contribution in [0.15, 0.2) is 18.2 Å². The van der Waals surface area contributed by atoms with Crippen LogP contribution in [0.5, 0.6) is 5.75 Å². The third-order valence-corrected chi connectivity index (χ3v) is 2.05. The maximum absolute atomic E-state index is 11.0. The Morgan fingerprint density at radius 1 is 1.50 bits per heavy atom. The molecule has 0 bridgehead atoms. The topological polar surface area (TPSA) is 26.3 Å². The van der Waals surface area contributed by atoms with E-state index in [1.165, 1.54) is 6.07 Å². The molecule has 1 aromatic rings. The second-order valence-corrected chi connectivity index (χ2v) is 3.54. The second-order valence-electron chi connectivity index (χ2n) is 2.76. The molecule has 0 saturated carbocycles. The summed E-state index contributed by atoms with van der Waals surface area (Å²) in [7, 11) is 0. The molecule has 0 fully saturated rings. The molecule has 0 spiro atoms. The van der Waals surface area contributed by atoms with E-state index in [2.05, 4.69) is 0 Å². The van der Waals surface area contributed by atoms with E-state index in [9.17, 15) is 4.79 Å². The van der Waals surface area contributed by atoms with Gasteiger partial charge in [0.25, 0.3) is 5.24 Å². The standard InChI is InChI=1S/C10H10Cl2O2/c1-2-5-14-9-4-3-7(11)6-8(9)10(12)13/h3-4,6H,2,5H2,1H3. The summed E-state index contributed by atoms with van der Waals surface area (Å²) in [6.45, 7) is 2.54. The molecule has 0 aliphatic rings. The molecule has 1 rings (SSSR count). The SMILES string of the molecule is CCCOc1ccc(Cl)cc1C(=O)Cl. The van der Waals surface area contributed by atoms with E-state index >= 15 is 0 Å². The lowest BCUT2D eigenvalue weighted by atomic mass is 10.2. The molecule has 0 amide bonds. The van der Waals surface area contributed by atoms with Crippen molar-refractivity contribution in [2.24, 2.45) is 0 Å². The van der Waals surface area contributed by atoms with E-state index in [1.54, 1.807) is 12.1 Å². The fourth-order valence-corrected chi connectivity index (χ4v) is 1.31. The van der Waals surface area contributed by atoms with E-state index in [4.69, 9.17) is 27.9 Å². The molecule has 0 aromatic heterocycles. The molecular formula is C10H10Cl2O2. The van der Waals surface area contributed by atoms with Crippen LogP contribution in [0.3, 0.4) is 0 Å². The van der Waals surface area contributed by atoms with Gasteiger partial charge in [0.05, 0.1) is 12.2 Å². The van der Waals surface area contributed by atoms with Gasteiger partial charge in [-0.05, 0) is 36.2 Å². The molecule has 1 aromatic carbocycles. The van der Waals surface area contributed by atoms with Crippen molar-refractivity contribution >= 4 is 28.4 Å². The van der Waals surface area contributed by atoms with Gasteiger partial charge < -0.3 is 4.74 Å². The van der Waals surface area contributed by atoms with Crippen molar-refractivity contribution in [3.05, 3.63) is 28.8 Å². The number of hydrogen-bond donors (Lipinski definition) is 0. The molecule has 0 aliphatic heterocycles. The zero-order chi connectivity index (χ0) is 10.6. The van der Waals surface area contributed by atoms with Crippen LogP contribution >= 0.6 is 23.2 Å². The van der Waals surface area contributed by atoms with Crippen molar-refractivity contribution in [2.75, 3.05) is 6.61 Å². The zero-order valence-electron chi connectivity index (χ0n) is 7.72. The molecule has 0 aliphatic carbocycles. The van der Waals surface area contributed by atoms with Crippen LogP contribution in [-0.4, -0.2) is 11.8 Å². The number of rotatable bonds is 4. The molecule has 4 heteroatoms. The molecule has 0 atom stereocenters. The molecule has 14 heavy (non-hydrogen) atoms. The molecule has 0 heterocycles. The normalized spacial score (nSPS) is 9.93. The fourth-order valence-electron chi connectivity index (χ4n) is 0.994. The van der Waals surface area contributed by atoms with E-state index in [0.717, 1.165) is 6.42 Å². The van der Waals surface area contributed by atoms with Gasteiger partial charge in [0.15, 0.2) is 0 Å². The third-order valence-electron chi connectivity index (χ3n) is 1.62. The predicted octanol–water partition coefficient (Wildman–Crippen LogP) is 3.51. The van der Waals surface area contributed by atoms with Gasteiger partial charge in [0.2, 0.25) is 0 Å². The first kappa shape index (κ1) is 11.3. The zero-order valence-corrected chi connectivity index (χ0v) is 9.23. The largest absolute Gasteiger partial charge is 0.493 e. The highest BCUT2D eigenvalue weighted by Crippen LogP contribution is 2.24. The van der Waals surface area contributed by atoms with Gasteiger partial charge >= 0.3 is 0 Å². The third kappa shape index (κ3) is 2.89. The Balaban J connectivity index is 2.96. The van der Waals surface area contributed by atoms with E-state index in [0.29, 0.717) is 22.9 Å². The summed E-state index contributed by atoms with van der Waals surface area (Å²) < 4.78 is 5.34. The minimum atomic E-state index is -0.557. The minimum absolute atomic E-state index is 0.313. The highest BCUT2D eigenvalue weighted by Gasteiger charge is 2.10. The van der Waals surface area contributed by atoms with Gasteiger partial charge in [0.1, 0.15) is 5.75 Å².